The quantitative estimate of drug-likeness (QED) is 0.764. The molecule has 19 heavy (non-hydrogen) atoms. The van der Waals surface area contributed by atoms with Crippen molar-refractivity contribution < 1.29 is 8.42 Å². The molecule has 112 valence electrons. The first-order valence-electron chi connectivity index (χ1n) is 7.34. The van der Waals surface area contributed by atoms with Crippen LogP contribution in [0.2, 0.25) is 0 Å². The van der Waals surface area contributed by atoms with Gasteiger partial charge in [-0.05, 0) is 49.5 Å². The van der Waals surface area contributed by atoms with Gasteiger partial charge in [0.1, 0.15) is 0 Å². The van der Waals surface area contributed by atoms with Gasteiger partial charge in [0.15, 0.2) is 0 Å². The summed E-state index contributed by atoms with van der Waals surface area (Å²) in [5, 5.41) is 0. The molecule has 0 amide bonds. The summed E-state index contributed by atoms with van der Waals surface area (Å²) in [5.74, 6) is 1.02. The molecular formula is C13H27N3O2S. The molecule has 1 saturated carbocycles. The molecule has 0 atom stereocenters. The van der Waals surface area contributed by atoms with Crippen molar-refractivity contribution in [2.24, 2.45) is 23.0 Å². The van der Waals surface area contributed by atoms with E-state index < -0.39 is 10.2 Å². The summed E-state index contributed by atoms with van der Waals surface area (Å²) in [6, 6.07) is 0. The Morgan fingerprint density at radius 3 is 2.32 bits per heavy atom. The van der Waals surface area contributed by atoms with Crippen LogP contribution < -0.4 is 10.5 Å². The van der Waals surface area contributed by atoms with Crippen LogP contribution in [-0.4, -0.2) is 38.9 Å². The van der Waals surface area contributed by atoms with Crippen LogP contribution in [0.3, 0.4) is 0 Å². The zero-order valence-corrected chi connectivity index (χ0v) is 12.9. The summed E-state index contributed by atoms with van der Waals surface area (Å²) in [5.41, 5.74) is 5.84. The second-order valence-electron chi connectivity index (χ2n) is 6.42. The predicted octanol–water partition coefficient (Wildman–Crippen LogP) is 0.928. The second-order valence-corrected chi connectivity index (χ2v) is 8.18. The van der Waals surface area contributed by atoms with E-state index in [1.54, 1.807) is 4.31 Å². The van der Waals surface area contributed by atoms with Gasteiger partial charge in [-0.2, -0.15) is 12.7 Å². The Labute approximate surface area is 117 Å². The molecule has 2 aliphatic rings. The van der Waals surface area contributed by atoms with Gasteiger partial charge in [-0.25, -0.2) is 4.72 Å². The number of hydrogen-bond acceptors (Lipinski definition) is 3. The van der Waals surface area contributed by atoms with E-state index in [-0.39, 0.29) is 5.41 Å². The summed E-state index contributed by atoms with van der Waals surface area (Å²) < 4.78 is 28.9. The molecule has 0 aromatic rings. The first-order valence-corrected chi connectivity index (χ1v) is 8.78. The van der Waals surface area contributed by atoms with Crippen LogP contribution in [0.5, 0.6) is 0 Å². The Kier molecular flexibility index (Phi) is 4.55. The van der Waals surface area contributed by atoms with Crippen molar-refractivity contribution in [2.45, 2.75) is 39.5 Å². The molecule has 0 unspecified atom stereocenters. The number of nitrogens with two attached hydrogens (primary N) is 1. The Morgan fingerprint density at radius 1 is 1.32 bits per heavy atom. The molecule has 1 heterocycles. The third-order valence-electron chi connectivity index (χ3n) is 4.97. The van der Waals surface area contributed by atoms with Crippen LogP contribution in [-0.2, 0) is 10.2 Å². The highest BCUT2D eigenvalue weighted by molar-refractivity contribution is 7.87. The first kappa shape index (κ1) is 15.2. The lowest BCUT2D eigenvalue weighted by atomic mass is 9.93. The van der Waals surface area contributed by atoms with Gasteiger partial charge in [0.25, 0.3) is 10.2 Å². The lowest BCUT2D eigenvalue weighted by Gasteiger charge is -2.31. The zero-order chi connectivity index (χ0) is 14.1. The fourth-order valence-corrected chi connectivity index (χ4v) is 4.17. The second kappa shape index (κ2) is 5.68. The van der Waals surface area contributed by atoms with E-state index in [1.807, 2.05) is 0 Å². The normalized spacial score (nSPS) is 24.8. The zero-order valence-electron chi connectivity index (χ0n) is 12.1. The molecule has 1 aliphatic heterocycles. The van der Waals surface area contributed by atoms with Crippen LogP contribution in [0, 0.1) is 17.3 Å². The van der Waals surface area contributed by atoms with Crippen LogP contribution >= 0.6 is 0 Å². The first-order chi connectivity index (χ1) is 8.89. The average Bonchev–Trinajstić information content (AvgIpc) is 3.18. The minimum Gasteiger partial charge on any atom is -0.330 e. The third-order valence-corrected chi connectivity index (χ3v) is 6.52. The highest BCUT2D eigenvalue weighted by Gasteiger charge is 2.46. The lowest BCUT2D eigenvalue weighted by molar-refractivity contribution is 0.272. The van der Waals surface area contributed by atoms with Crippen molar-refractivity contribution >= 4 is 10.2 Å². The molecule has 0 aromatic carbocycles. The van der Waals surface area contributed by atoms with Gasteiger partial charge in [0.05, 0.1) is 0 Å². The van der Waals surface area contributed by atoms with E-state index in [2.05, 4.69) is 18.6 Å². The van der Waals surface area contributed by atoms with Crippen molar-refractivity contribution in [1.29, 1.82) is 0 Å². The minimum atomic E-state index is -3.30. The maximum atomic E-state index is 12.3. The molecule has 5 nitrogen and oxygen atoms in total. The molecule has 2 fully saturated rings. The van der Waals surface area contributed by atoms with Gasteiger partial charge in [-0.15, -0.1) is 0 Å². The van der Waals surface area contributed by atoms with E-state index in [1.165, 1.54) is 0 Å². The van der Waals surface area contributed by atoms with Crippen LogP contribution in [0.25, 0.3) is 0 Å². The molecule has 0 bridgehead atoms. The number of nitrogens with zero attached hydrogens (tertiary/aromatic N) is 1. The van der Waals surface area contributed by atoms with Gasteiger partial charge in [-0.3, -0.25) is 0 Å². The van der Waals surface area contributed by atoms with E-state index in [0.29, 0.717) is 38.0 Å². The summed E-state index contributed by atoms with van der Waals surface area (Å²) in [6.45, 7) is 6.81. The largest absolute Gasteiger partial charge is 0.330 e. The summed E-state index contributed by atoms with van der Waals surface area (Å²) in [7, 11) is -3.30. The molecule has 0 aromatic heterocycles. The molecule has 1 saturated heterocycles. The standard InChI is InChI=1S/C13H27N3O2S/c1-11(2)13(5-6-13)10-15-19(17,18)16-7-3-12(9-14)4-8-16/h11-12,15H,3-10,14H2,1-2H3. The van der Waals surface area contributed by atoms with Crippen molar-refractivity contribution in [3.63, 3.8) is 0 Å². The number of rotatable bonds is 6. The summed E-state index contributed by atoms with van der Waals surface area (Å²) in [4.78, 5) is 0. The third kappa shape index (κ3) is 3.48. The fraction of sp³-hybridized carbons (Fsp3) is 1.00. The number of hydrogen-bond donors (Lipinski definition) is 2. The van der Waals surface area contributed by atoms with E-state index in [0.717, 1.165) is 25.7 Å². The highest BCUT2D eigenvalue weighted by atomic mass is 32.2. The van der Waals surface area contributed by atoms with Crippen molar-refractivity contribution in [2.75, 3.05) is 26.2 Å². The number of piperidine rings is 1. The topological polar surface area (TPSA) is 75.4 Å². The Morgan fingerprint density at radius 2 is 1.89 bits per heavy atom. The summed E-state index contributed by atoms with van der Waals surface area (Å²) >= 11 is 0. The van der Waals surface area contributed by atoms with Crippen LogP contribution in [0.15, 0.2) is 0 Å². The molecule has 0 spiro atoms. The molecule has 2 rings (SSSR count). The van der Waals surface area contributed by atoms with Gasteiger partial charge >= 0.3 is 0 Å². The van der Waals surface area contributed by atoms with Gasteiger partial charge in [0, 0.05) is 19.6 Å². The predicted molar refractivity (Wildman–Crippen MR) is 76.8 cm³/mol. The summed E-state index contributed by atoms with van der Waals surface area (Å²) in [6.07, 6.45) is 4.05. The van der Waals surface area contributed by atoms with Gasteiger partial charge in [0.2, 0.25) is 0 Å². The Bertz CT molecular complexity index is 396. The van der Waals surface area contributed by atoms with Crippen molar-refractivity contribution in [3.8, 4) is 0 Å². The van der Waals surface area contributed by atoms with E-state index in [4.69, 9.17) is 5.73 Å². The Balaban J connectivity index is 1.86. The Hall–Kier alpha value is -0.170. The maximum absolute atomic E-state index is 12.3. The fourth-order valence-electron chi connectivity index (χ4n) is 2.83. The minimum absolute atomic E-state index is 0.211. The molecule has 3 N–H and O–H groups in total. The van der Waals surface area contributed by atoms with Crippen molar-refractivity contribution in [1.82, 2.24) is 9.03 Å². The maximum Gasteiger partial charge on any atom is 0.279 e. The van der Waals surface area contributed by atoms with E-state index >= 15 is 0 Å². The monoisotopic (exact) mass is 289 g/mol. The molecule has 1 aliphatic carbocycles. The number of nitrogens with one attached hydrogen (secondary N) is 1. The molecule has 0 radical (unpaired) electrons. The SMILES string of the molecule is CC(C)C1(CNS(=O)(=O)N2CCC(CN)CC2)CC1. The smallest absolute Gasteiger partial charge is 0.279 e. The van der Waals surface area contributed by atoms with Crippen LogP contribution in [0.1, 0.15) is 39.5 Å². The van der Waals surface area contributed by atoms with Gasteiger partial charge in [-0.1, -0.05) is 13.8 Å². The van der Waals surface area contributed by atoms with Crippen molar-refractivity contribution in [3.05, 3.63) is 0 Å². The molecular weight excluding hydrogens is 262 g/mol. The van der Waals surface area contributed by atoms with E-state index in [9.17, 15) is 8.42 Å². The van der Waals surface area contributed by atoms with Crippen LogP contribution in [0.4, 0.5) is 0 Å². The molecule has 6 heteroatoms. The lowest BCUT2D eigenvalue weighted by Crippen LogP contribution is -2.47. The van der Waals surface area contributed by atoms with Gasteiger partial charge < -0.3 is 5.73 Å². The highest BCUT2D eigenvalue weighted by Crippen LogP contribution is 2.51. The average molecular weight is 289 g/mol.